The SMILES string of the molecule is [CH2]CCCCCCCCNCCNCCCN. The highest BCUT2D eigenvalue weighted by atomic mass is 14.9. The van der Waals surface area contributed by atoms with Gasteiger partial charge in [-0.15, -0.1) is 0 Å². The van der Waals surface area contributed by atoms with Crippen LogP contribution in [0.25, 0.3) is 0 Å². The van der Waals surface area contributed by atoms with Crippen LogP contribution in [0.2, 0.25) is 0 Å². The summed E-state index contributed by atoms with van der Waals surface area (Å²) in [5.41, 5.74) is 5.41. The molecule has 0 saturated heterocycles. The van der Waals surface area contributed by atoms with E-state index in [0.29, 0.717) is 0 Å². The van der Waals surface area contributed by atoms with Crippen LogP contribution >= 0.6 is 0 Å². The molecule has 17 heavy (non-hydrogen) atoms. The van der Waals surface area contributed by atoms with Gasteiger partial charge in [-0.1, -0.05) is 45.4 Å². The molecule has 0 aromatic heterocycles. The lowest BCUT2D eigenvalue weighted by Gasteiger charge is -2.06. The molecule has 0 amide bonds. The van der Waals surface area contributed by atoms with Gasteiger partial charge in [-0.3, -0.25) is 0 Å². The number of hydrogen-bond acceptors (Lipinski definition) is 3. The van der Waals surface area contributed by atoms with E-state index in [1.807, 2.05) is 0 Å². The molecule has 0 saturated carbocycles. The molecule has 0 spiro atoms. The Morgan fingerprint density at radius 2 is 1.18 bits per heavy atom. The van der Waals surface area contributed by atoms with E-state index in [1.54, 1.807) is 0 Å². The minimum Gasteiger partial charge on any atom is -0.330 e. The van der Waals surface area contributed by atoms with Gasteiger partial charge in [0, 0.05) is 13.1 Å². The van der Waals surface area contributed by atoms with Gasteiger partial charge in [-0.05, 0) is 32.5 Å². The van der Waals surface area contributed by atoms with Gasteiger partial charge in [-0.2, -0.15) is 0 Å². The van der Waals surface area contributed by atoms with Gasteiger partial charge < -0.3 is 16.4 Å². The molecule has 3 heteroatoms. The lowest BCUT2D eigenvalue weighted by atomic mass is 10.1. The van der Waals surface area contributed by atoms with Crippen LogP contribution in [0.5, 0.6) is 0 Å². The fourth-order valence-corrected chi connectivity index (χ4v) is 1.79. The molecule has 0 aliphatic carbocycles. The predicted octanol–water partition coefficient (Wildman–Crippen LogP) is 2.08. The van der Waals surface area contributed by atoms with Crippen LogP contribution in [0.4, 0.5) is 0 Å². The molecule has 0 aliphatic heterocycles. The monoisotopic (exact) mass is 242 g/mol. The Hall–Kier alpha value is -0.120. The molecular weight excluding hydrogens is 210 g/mol. The van der Waals surface area contributed by atoms with Crippen molar-refractivity contribution >= 4 is 0 Å². The zero-order chi connectivity index (χ0) is 12.6. The average molecular weight is 242 g/mol. The topological polar surface area (TPSA) is 50.1 Å². The van der Waals surface area contributed by atoms with Crippen molar-refractivity contribution in [1.29, 1.82) is 0 Å². The summed E-state index contributed by atoms with van der Waals surface area (Å²) in [7, 11) is 0. The summed E-state index contributed by atoms with van der Waals surface area (Å²) >= 11 is 0. The number of hydrogen-bond donors (Lipinski definition) is 3. The van der Waals surface area contributed by atoms with Crippen LogP contribution < -0.4 is 16.4 Å². The largest absolute Gasteiger partial charge is 0.330 e. The molecule has 0 aliphatic rings. The lowest BCUT2D eigenvalue weighted by Crippen LogP contribution is -2.29. The highest BCUT2D eigenvalue weighted by Gasteiger charge is 1.91. The Bertz CT molecular complexity index is 115. The molecule has 0 aromatic rings. The van der Waals surface area contributed by atoms with Gasteiger partial charge in [0.1, 0.15) is 0 Å². The second-order valence-corrected chi connectivity index (χ2v) is 4.62. The van der Waals surface area contributed by atoms with Gasteiger partial charge >= 0.3 is 0 Å². The van der Waals surface area contributed by atoms with E-state index in [0.717, 1.165) is 45.6 Å². The first-order chi connectivity index (χ1) is 8.41. The van der Waals surface area contributed by atoms with E-state index in [-0.39, 0.29) is 0 Å². The minimum atomic E-state index is 0.786. The fourth-order valence-electron chi connectivity index (χ4n) is 1.79. The Morgan fingerprint density at radius 1 is 0.647 bits per heavy atom. The van der Waals surface area contributed by atoms with Crippen LogP contribution in [0.15, 0.2) is 0 Å². The maximum atomic E-state index is 5.41. The van der Waals surface area contributed by atoms with Crippen molar-refractivity contribution in [2.24, 2.45) is 5.73 Å². The van der Waals surface area contributed by atoms with Crippen LogP contribution in [0, 0.1) is 6.92 Å². The van der Waals surface area contributed by atoms with Gasteiger partial charge in [-0.25, -0.2) is 0 Å². The standard InChI is InChI=1S/C14H32N3/c1-2-3-4-5-6-7-8-11-16-13-14-17-12-9-10-15/h16-17H,1-15H2. The summed E-state index contributed by atoms with van der Waals surface area (Å²) in [5.74, 6) is 0. The minimum absolute atomic E-state index is 0.786. The molecule has 0 aromatic carbocycles. The van der Waals surface area contributed by atoms with Gasteiger partial charge in [0.05, 0.1) is 0 Å². The lowest BCUT2D eigenvalue weighted by molar-refractivity contribution is 0.552. The molecule has 0 unspecified atom stereocenters. The predicted molar refractivity (Wildman–Crippen MR) is 77.1 cm³/mol. The van der Waals surface area contributed by atoms with Crippen LogP contribution in [0.1, 0.15) is 51.4 Å². The zero-order valence-corrected chi connectivity index (χ0v) is 11.5. The molecule has 1 radical (unpaired) electrons. The highest BCUT2D eigenvalue weighted by molar-refractivity contribution is 4.54. The number of rotatable bonds is 14. The molecule has 0 bridgehead atoms. The Balaban J connectivity index is 2.85. The van der Waals surface area contributed by atoms with Crippen molar-refractivity contribution in [2.45, 2.75) is 51.4 Å². The Kier molecular flexibility index (Phi) is 15.8. The first-order valence-corrected chi connectivity index (χ1v) is 7.32. The van der Waals surface area contributed by atoms with Crippen molar-refractivity contribution in [3.8, 4) is 0 Å². The third kappa shape index (κ3) is 15.9. The number of nitrogens with two attached hydrogens (primary N) is 1. The van der Waals surface area contributed by atoms with Gasteiger partial charge in [0.25, 0.3) is 0 Å². The first-order valence-electron chi connectivity index (χ1n) is 7.32. The quantitative estimate of drug-likeness (QED) is 0.409. The molecular formula is C14H32N3. The van der Waals surface area contributed by atoms with Crippen molar-refractivity contribution < 1.29 is 0 Å². The summed E-state index contributed by atoms with van der Waals surface area (Å²) in [6.45, 7) is 8.98. The van der Waals surface area contributed by atoms with Crippen molar-refractivity contribution in [1.82, 2.24) is 10.6 Å². The molecule has 3 nitrogen and oxygen atoms in total. The Morgan fingerprint density at radius 3 is 1.76 bits per heavy atom. The summed E-state index contributed by atoms with van der Waals surface area (Å²) in [5, 5.41) is 6.82. The number of nitrogens with one attached hydrogen (secondary N) is 2. The third-order valence-corrected chi connectivity index (χ3v) is 2.89. The second kappa shape index (κ2) is 15.9. The molecule has 4 N–H and O–H groups in total. The van der Waals surface area contributed by atoms with E-state index >= 15 is 0 Å². The van der Waals surface area contributed by atoms with E-state index in [1.165, 1.54) is 38.5 Å². The maximum absolute atomic E-state index is 5.41. The zero-order valence-electron chi connectivity index (χ0n) is 11.5. The average Bonchev–Trinajstić information content (AvgIpc) is 2.35. The van der Waals surface area contributed by atoms with Crippen molar-refractivity contribution in [3.63, 3.8) is 0 Å². The smallest absolute Gasteiger partial charge is 0.00767 e. The maximum Gasteiger partial charge on any atom is 0.00767 e. The van der Waals surface area contributed by atoms with Crippen molar-refractivity contribution in [2.75, 3.05) is 32.7 Å². The Labute approximate surface area is 108 Å². The highest BCUT2D eigenvalue weighted by Crippen LogP contribution is 2.05. The van der Waals surface area contributed by atoms with E-state index in [4.69, 9.17) is 5.73 Å². The summed E-state index contributed by atoms with van der Waals surface area (Å²) < 4.78 is 0. The first kappa shape index (κ1) is 16.9. The van der Waals surface area contributed by atoms with Gasteiger partial charge in [0.15, 0.2) is 0 Å². The van der Waals surface area contributed by atoms with E-state index in [9.17, 15) is 0 Å². The van der Waals surface area contributed by atoms with Crippen LogP contribution in [0.3, 0.4) is 0 Å². The van der Waals surface area contributed by atoms with Crippen LogP contribution in [-0.2, 0) is 0 Å². The summed E-state index contributed by atoms with van der Waals surface area (Å²) in [6, 6.07) is 0. The summed E-state index contributed by atoms with van der Waals surface area (Å²) in [4.78, 5) is 0. The molecule has 0 fully saturated rings. The van der Waals surface area contributed by atoms with Gasteiger partial charge in [0.2, 0.25) is 0 Å². The summed E-state index contributed by atoms with van der Waals surface area (Å²) in [6.07, 6.45) is 10.3. The van der Waals surface area contributed by atoms with Crippen LogP contribution in [-0.4, -0.2) is 32.7 Å². The molecule has 103 valence electrons. The fraction of sp³-hybridized carbons (Fsp3) is 0.929. The molecule has 0 atom stereocenters. The molecule has 0 rings (SSSR count). The van der Waals surface area contributed by atoms with Crippen molar-refractivity contribution in [3.05, 3.63) is 6.92 Å². The molecule has 0 heterocycles. The van der Waals surface area contributed by atoms with E-state index < -0.39 is 0 Å². The van der Waals surface area contributed by atoms with E-state index in [2.05, 4.69) is 17.6 Å². The number of unbranched alkanes of at least 4 members (excludes halogenated alkanes) is 6. The second-order valence-electron chi connectivity index (χ2n) is 4.62. The normalized spacial score (nSPS) is 10.9. The third-order valence-electron chi connectivity index (χ3n) is 2.89.